The predicted octanol–water partition coefficient (Wildman–Crippen LogP) is 2.00. The molecule has 0 aliphatic rings. The summed E-state index contributed by atoms with van der Waals surface area (Å²) >= 11 is 0. The Balaban J connectivity index is 2.82. The van der Waals surface area contributed by atoms with Gasteiger partial charge in [0.05, 0.1) is 5.56 Å². The van der Waals surface area contributed by atoms with Gasteiger partial charge in [-0.2, -0.15) is 0 Å². The van der Waals surface area contributed by atoms with E-state index >= 15 is 0 Å². The third-order valence-corrected chi connectivity index (χ3v) is 2.41. The van der Waals surface area contributed by atoms with Crippen molar-refractivity contribution in [2.24, 2.45) is 0 Å². The molecule has 5 heteroatoms. The SMILES string of the molecule is CCOCN(COCC)c1ccc(C=O)c(O)c1. The zero-order valence-corrected chi connectivity index (χ0v) is 10.8. The maximum Gasteiger partial charge on any atom is 0.153 e. The molecule has 1 aromatic rings. The van der Waals surface area contributed by atoms with Gasteiger partial charge in [0.25, 0.3) is 0 Å². The van der Waals surface area contributed by atoms with Gasteiger partial charge in [0, 0.05) is 25.0 Å². The molecular weight excluding hydrogens is 234 g/mol. The largest absolute Gasteiger partial charge is 0.507 e. The van der Waals surface area contributed by atoms with E-state index in [-0.39, 0.29) is 11.3 Å². The lowest BCUT2D eigenvalue weighted by Crippen LogP contribution is -2.29. The van der Waals surface area contributed by atoms with Gasteiger partial charge in [-0.15, -0.1) is 0 Å². The first-order valence-electron chi connectivity index (χ1n) is 5.91. The molecule has 0 radical (unpaired) electrons. The molecule has 0 aliphatic carbocycles. The van der Waals surface area contributed by atoms with Crippen molar-refractivity contribution in [1.82, 2.24) is 0 Å². The van der Waals surface area contributed by atoms with E-state index in [4.69, 9.17) is 9.47 Å². The van der Waals surface area contributed by atoms with E-state index in [0.717, 1.165) is 5.69 Å². The van der Waals surface area contributed by atoms with E-state index in [9.17, 15) is 9.90 Å². The van der Waals surface area contributed by atoms with Crippen LogP contribution in [0.15, 0.2) is 18.2 Å². The molecule has 0 fully saturated rings. The Morgan fingerprint density at radius 3 is 2.28 bits per heavy atom. The highest BCUT2D eigenvalue weighted by atomic mass is 16.5. The second kappa shape index (κ2) is 7.68. The van der Waals surface area contributed by atoms with E-state index in [0.29, 0.717) is 33.0 Å². The minimum atomic E-state index is -0.0412. The number of carbonyl (C=O) groups excluding carboxylic acids is 1. The number of carbonyl (C=O) groups is 1. The standard InChI is InChI=1S/C13H19NO4/c1-3-17-9-14(10-18-4-2)12-6-5-11(8-15)13(16)7-12/h5-8,16H,3-4,9-10H2,1-2H3. The molecule has 0 amide bonds. The number of rotatable bonds is 8. The second-order valence-electron chi connectivity index (χ2n) is 3.64. The summed E-state index contributed by atoms with van der Waals surface area (Å²) in [4.78, 5) is 12.5. The average Bonchev–Trinajstić information content (AvgIpc) is 2.39. The number of phenols is 1. The van der Waals surface area contributed by atoms with Gasteiger partial charge in [-0.3, -0.25) is 4.79 Å². The van der Waals surface area contributed by atoms with Gasteiger partial charge in [-0.25, -0.2) is 0 Å². The molecule has 1 aromatic carbocycles. The van der Waals surface area contributed by atoms with Crippen LogP contribution in [0.2, 0.25) is 0 Å². The maximum absolute atomic E-state index is 10.6. The van der Waals surface area contributed by atoms with E-state index in [1.807, 2.05) is 18.7 Å². The highest BCUT2D eigenvalue weighted by Gasteiger charge is 2.09. The van der Waals surface area contributed by atoms with Crippen molar-refractivity contribution in [3.8, 4) is 5.75 Å². The highest BCUT2D eigenvalue weighted by molar-refractivity contribution is 5.80. The molecular formula is C13H19NO4. The van der Waals surface area contributed by atoms with E-state index in [1.165, 1.54) is 6.07 Å². The predicted molar refractivity (Wildman–Crippen MR) is 69.0 cm³/mol. The number of benzene rings is 1. The number of hydrogen-bond donors (Lipinski definition) is 1. The number of nitrogens with zero attached hydrogens (tertiary/aromatic N) is 1. The molecule has 0 saturated carbocycles. The van der Waals surface area contributed by atoms with Crippen LogP contribution in [0.5, 0.6) is 5.75 Å². The molecule has 0 bridgehead atoms. The van der Waals surface area contributed by atoms with E-state index < -0.39 is 0 Å². The number of phenolic OH excluding ortho intramolecular Hbond substituents is 1. The number of hydrogen-bond acceptors (Lipinski definition) is 5. The zero-order chi connectivity index (χ0) is 13.4. The molecule has 0 unspecified atom stereocenters. The summed E-state index contributed by atoms with van der Waals surface area (Å²) in [6.45, 7) is 5.76. The molecule has 0 aromatic heterocycles. The van der Waals surface area contributed by atoms with E-state index in [2.05, 4.69) is 0 Å². The van der Waals surface area contributed by atoms with Crippen LogP contribution in [0.3, 0.4) is 0 Å². The smallest absolute Gasteiger partial charge is 0.153 e. The van der Waals surface area contributed by atoms with Gasteiger partial charge in [-0.05, 0) is 26.0 Å². The molecule has 18 heavy (non-hydrogen) atoms. The highest BCUT2D eigenvalue weighted by Crippen LogP contribution is 2.23. The topological polar surface area (TPSA) is 59.0 Å². The van der Waals surface area contributed by atoms with Gasteiger partial charge in [0.1, 0.15) is 19.2 Å². The maximum atomic E-state index is 10.6. The molecule has 0 saturated heterocycles. The lowest BCUT2D eigenvalue weighted by molar-refractivity contribution is 0.0959. The Morgan fingerprint density at radius 2 is 1.83 bits per heavy atom. The molecule has 1 rings (SSSR count). The first kappa shape index (κ1) is 14.5. The van der Waals surface area contributed by atoms with Crippen molar-refractivity contribution < 1.29 is 19.4 Å². The molecule has 0 heterocycles. The van der Waals surface area contributed by atoms with Crippen LogP contribution in [0.25, 0.3) is 0 Å². The molecule has 0 spiro atoms. The third-order valence-electron chi connectivity index (χ3n) is 2.41. The molecule has 0 atom stereocenters. The monoisotopic (exact) mass is 253 g/mol. The summed E-state index contributed by atoms with van der Waals surface area (Å²) in [5, 5.41) is 9.65. The summed E-state index contributed by atoms with van der Waals surface area (Å²) in [5.74, 6) is -0.0412. The van der Waals surface area contributed by atoms with Crippen molar-refractivity contribution in [3.05, 3.63) is 23.8 Å². The summed E-state index contributed by atoms with van der Waals surface area (Å²) in [6, 6.07) is 4.85. The number of ether oxygens (including phenoxy) is 2. The summed E-state index contributed by atoms with van der Waals surface area (Å²) < 4.78 is 10.7. The first-order chi connectivity index (χ1) is 8.72. The van der Waals surface area contributed by atoms with Crippen LogP contribution in [-0.2, 0) is 9.47 Å². The Kier molecular flexibility index (Phi) is 6.18. The zero-order valence-electron chi connectivity index (χ0n) is 10.8. The Bertz CT molecular complexity index is 373. The fraction of sp³-hybridized carbons (Fsp3) is 0.462. The van der Waals surface area contributed by atoms with Crippen molar-refractivity contribution >= 4 is 12.0 Å². The fourth-order valence-electron chi connectivity index (χ4n) is 1.42. The van der Waals surface area contributed by atoms with Crippen LogP contribution >= 0.6 is 0 Å². The molecule has 5 nitrogen and oxygen atoms in total. The van der Waals surface area contributed by atoms with Crippen LogP contribution in [-0.4, -0.2) is 38.1 Å². The molecule has 1 N–H and O–H groups in total. The third kappa shape index (κ3) is 4.01. The van der Waals surface area contributed by atoms with Gasteiger partial charge in [0.15, 0.2) is 6.29 Å². The van der Waals surface area contributed by atoms with Crippen LogP contribution < -0.4 is 4.90 Å². The normalized spacial score (nSPS) is 10.3. The summed E-state index contributed by atoms with van der Waals surface area (Å²) in [6.07, 6.45) is 0.620. The average molecular weight is 253 g/mol. The van der Waals surface area contributed by atoms with Gasteiger partial charge in [0.2, 0.25) is 0 Å². The molecule has 100 valence electrons. The first-order valence-corrected chi connectivity index (χ1v) is 5.91. The fourth-order valence-corrected chi connectivity index (χ4v) is 1.42. The van der Waals surface area contributed by atoms with Crippen molar-refractivity contribution in [1.29, 1.82) is 0 Å². The Labute approximate surface area is 107 Å². The second-order valence-corrected chi connectivity index (χ2v) is 3.64. The lowest BCUT2D eigenvalue weighted by atomic mass is 10.2. The van der Waals surface area contributed by atoms with Crippen molar-refractivity contribution in [3.63, 3.8) is 0 Å². The minimum absolute atomic E-state index is 0.0412. The van der Waals surface area contributed by atoms with Crippen LogP contribution in [0.4, 0.5) is 5.69 Å². The van der Waals surface area contributed by atoms with Gasteiger partial charge >= 0.3 is 0 Å². The van der Waals surface area contributed by atoms with Gasteiger partial charge in [-0.1, -0.05) is 0 Å². The minimum Gasteiger partial charge on any atom is -0.507 e. The van der Waals surface area contributed by atoms with Crippen LogP contribution in [0, 0.1) is 0 Å². The Morgan fingerprint density at radius 1 is 1.22 bits per heavy atom. The van der Waals surface area contributed by atoms with Crippen molar-refractivity contribution in [2.45, 2.75) is 13.8 Å². The quantitative estimate of drug-likeness (QED) is 0.567. The lowest BCUT2D eigenvalue weighted by Gasteiger charge is -2.24. The Hall–Kier alpha value is -1.59. The summed E-state index contributed by atoms with van der Waals surface area (Å²) in [5.41, 5.74) is 1.02. The van der Waals surface area contributed by atoms with Crippen molar-refractivity contribution in [2.75, 3.05) is 31.6 Å². The molecule has 0 aliphatic heterocycles. The summed E-state index contributed by atoms with van der Waals surface area (Å²) in [7, 11) is 0. The van der Waals surface area contributed by atoms with Crippen LogP contribution in [0.1, 0.15) is 24.2 Å². The number of aromatic hydroxyl groups is 1. The van der Waals surface area contributed by atoms with E-state index in [1.54, 1.807) is 12.1 Å². The number of anilines is 1. The number of aldehydes is 1. The van der Waals surface area contributed by atoms with Gasteiger partial charge < -0.3 is 19.5 Å².